The van der Waals surface area contributed by atoms with Crippen molar-refractivity contribution in [1.82, 2.24) is 0 Å². The van der Waals surface area contributed by atoms with Crippen LogP contribution in [-0.2, 0) is 80.5 Å². The van der Waals surface area contributed by atoms with E-state index in [1.54, 1.807) is 0 Å². The van der Waals surface area contributed by atoms with Crippen molar-refractivity contribution in [3.8, 4) is 0 Å². The van der Waals surface area contributed by atoms with Gasteiger partial charge in [-0.2, -0.15) is 0 Å². The van der Waals surface area contributed by atoms with E-state index >= 15 is 0 Å². The predicted molar refractivity (Wildman–Crippen MR) is 301 cm³/mol. The number of carbonyl (C=O) groups is 1. The maximum absolute atomic E-state index is 13.4. The first-order valence-electron chi connectivity index (χ1n) is 31.4. The van der Waals surface area contributed by atoms with Gasteiger partial charge >= 0.3 is 13.1 Å². The number of aliphatic hydroxyl groups excluding tert-OH is 23. The Bertz CT molecular complexity index is 2670. The summed E-state index contributed by atoms with van der Waals surface area (Å²) >= 11 is 0. The average molecular weight is 1450 g/mol. The third kappa shape index (κ3) is 16.1. The van der Waals surface area contributed by atoms with Gasteiger partial charge in [0.05, 0.1) is 51.8 Å². The molecule has 99 heavy (non-hydrogen) atoms. The van der Waals surface area contributed by atoms with Crippen molar-refractivity contribution in [3.63, 3.8) is 0 Å². The fourth-order valence-corrected chi connectivity index (χ4v) is 12.9. The van der Waals surface area contributed by atoms with Crippen LogP contribution in [0.3, 0.4) is 0 Å². The van der Waals surface area contributed by atoms with Gasteiger partial charge in [0, 0.05) is 0 Å². The van der Waals surface area contributed by atoms with Crippen molar-refractivity contribution in [1.29, 1.82) is 0 Å². The molecule has 30 saturated heterocycles. The minimum absolute atomic E-state index is 0.0398. The number of carbonyl (C=O) groups excluding carboxylic acids is 1. The van der Waals surface area contributed by atoms with E-state index in [0.29, 0.717) is 0 Å². The highest BCUT2D eigenvalue weighted by Crippen LogP contribution is 2.40. The number of ether oxygens (including phenoxy) is 17. The average Bonchev–Trinajstić information content (AvgIpc) is 0.780. The van der Waals surface area contributed by atoms with Crippen LogP contribution in [0.2, 0.25) is 0 Å². The Labute approximate surface area is 558 Å². The van der Waals surface area contributed by atoms with E-state index in [9.17, 15) is 132 Å². The van der Waals surface area contributed by atoms with Gasteiger partial charge in [0.2, 0.25) is 0 Å². The molecule has 25 N–H and O–H groups in total. The Hall–Kier alpha value is -2.89. The van der Waals surface area contributed by atoms with Crippen LogP contribution in [0.5, 0.6) is 0 Å². The van der Waals surface area contributed by atoms with Crippen LogP contribution >= 0.6 is 0 Å². The quantitative estimate of drug-likeness (QED) is 0.0723. The summed E-state index contributed by atoms with van der Waals surface area (Å²) in [6, 6.07) is 4.56. The summed E-state index contributed by atoms with van der Waals surface area (Å²) in [6.45, 7) is -8.84. The largest absolute Gasteiger partial charge is 0.488 e. The highest BCUT2D eigenvalue weighted by Gasteiger charge is 2.60. The first-order valence-corrected chi connectivity index (χ1v) is 31.4. The zero-order valence-corrected chi connectivity index (χ0v) is 51.7. The number of esters is 1. The second-order valence-electron chi connectivity index (χ2n) is 24.9. The molecule has 1 aromatic rings. The third-order valence-corrected chi connectivity index (χ3v) is 18.5. The maximum Gasteiger partial charge on any atom is 0.488 e. The molecule has 0 spiro atoms. The van der Waals surface area contributed by atoms with Crippen LogP contribution in [0.25, 0.3) is 0 Å². The molecule has 0 amide bonds. The Morgan fingerprint density at radius 3 is 0.616 bits per heavy atom. The lowest BCUT2D eigenvalue weighted by atomic mass is 9.80. The Balaban J connectivity index is 0.932. The highest BCUT2D eigenvalue weighted by atomic mass is 16.8. The Morgan fingerprint density at radius 1 is 0.273 bits per heavy atom. The molecule has 43 nitrogen and oxygen atoms in total. The van der Waals surface area contributed by atoms with Crippen molar-refractivity contribution in [2.75, 3.05) is 52.9 Å². The zero-order valence-electron chi connectivity index (χ0n) is 51.7. The van der Waals surface area contributed by atoms with E-state index in [0.717, 1.165) is 24.3 Å². The SMILES string of the molecule is O=C(OC[C@H]1O[C@@H]2O[C@H]3[C@H](O)[C@@H](O)[C@@H](O[C@H]4[C@H](O)[C@@H](O)[C@@H](O[C@H]5[C@H](O)[C@@H](O)[C@@H](O[C@H]6[C@H](O)[C@@H](O)[C@@H](O[C@H]7[C@H](O)[C@@H](O)[C@@H](O[C@H]8[C@H](O)[C@@H](O)[C@@H](O[C@H]9[C@H](O)[C@@H](O)[C@@H](O[C@H]1[C@H](O)[C@H]2O)O[C@@H]9CO)O[C@@H]8CO)O[C@@H]7CO)O[C@@H]6CO)O[C@@H]5CO)O[C@@H]4CO)O[C@@H]3CO)c1ccc(B(O)O)cc1. The second-order valence-corrected chi connectivity index (χ2v) is 24.9. The highest BCUT2D eigenvalue weighted by molar-refractivity contribution is 6.58. The van der Waals surface area contributed by atoms with E-state index in [1.807, 2.05) is 0 Å². The van der Waals surface area contributed by atoms with Crippen LogP contribution < -0.4 is 5.46 Å². The Morgan fingerprint density at radius 2 is 0.444 bits per heavy atom. The zero-order chi connectivity index (χ0) is 71.9. The molecule has 30 aliphatic rings. The predicted octanol–water partition coefficient (Wildman–Crippen LogP) is -17.9. The number of hydrogen-bond acceptors (Lipinski definition) is 43. The standard InChI is InChI=1S/C55H85BO43/c57-5-15-39-23(64)31(72)48(84-15)93-40-16(6-58)86-50(33(74)25(40)66)95-42-18(8-60)88-52(35(76)27(42)68)97-44-20(10-62)90-54(37(78)29(44)70)99-46-22(12-83-47(80)13-1-3-14(4-2-13)56(81)82)91-55(38(79)30(46)71)98-45-21(11-63)89-53(36(77)28(45)69)96-43-19(9-61)87-51(34(75)26(43)67)94-41-17(7-59)85-49(92-39)32(73)24(41)65/h1-4,15-46,48-55,57-79,81-82H,5-12H2/t15-,16-,17-,18-,19-,20-,21-,22-,23-,24-,25-,26-,27-,28-,29-,30-,31-,32-,33-,34-,35-,36-,37-,38-,39-,40-,41-,42-,43-,44-,45-,46-,48-,49-,50-,51-,52-,53-,54-,55-/m1/s1. The first kappa shape index (κ1) is 78.7. The molecule has 40 atom stereocenters. The van der Waals surface area contributed by atoms with Gasteiger partial charge in [-0.1, -0.05) is 12.1 Å². The third-order valence-electron chi connectivity index (χ3n) is 18.5. The first-order chi connectivity index (χ1) is 47.1. The van der Waals surface area contributed by atoms with Crippen LogP contribution in [0.1, 0.15) is 10.4 Å². The van der Waals surface area contributed by atoms with Crippen molar-refractivity contribution in [3.05, 3.63) is 29.8 Å². The summed E-state index contributed by atoms with van der Waals surface area (Å²) < 4.78 is 97.7. The lowest BCUT2D eigenvalue weighted by Crippen LogP contribution is -2.69. The molecule has 0 radical (unpaired) electrons. The van der Waals surface area contributed by atoms with Crippen LogP contribution in [0, 0.1) is 0 Å². The second kappa shape index (κ2) is 33.7. The van der Waals surface area contributed by atoms with Gasteiger partial charge in [0.15, 0.2) is 50.3 Å². The maximum atomic E-state index is 13.4. The van der Waals surface area contributed by atoms with Gasteiger partial charge in [-0.05, 0) is 17.6 Å². The summed E-state index contributed by atoms with van der Waals surface area (Å²) in [4.78, 5) is 13.4. The molecular formula is C55H85BO43. The lowest BCUT2D eigenvalue weighted by Gasteiger charge is -2.50. The van der Waals surface area contributed by atoms with Gasteiger partial charge in [-0.3, -0.25) is 0 Å². The summed E-state index contributed by atoms with van der Waals surface area (Å²) in [5, 5.41) is 277. The summed E-state index contributed by atoms with van der Waals surface area (Å²) in [5.74, 6) is -1.14. The molecule has 31 rings (SSSR count). The molecule has 0 aromatic heterocycles. The van der Waals surface area contributed by atoms with Crippen molar-refractivity contribution >= 4 is 18.6 Å². The fraction of sp³-hybridized carbons (Fsp3) is 0.873. The molecule has 0 unspecified atom stereocenters. The summed E-state index contributed by atoms with van der Waals surface area (Å²) in [6.07, 6.45) is -84.4. The molecule has 1 aromatic carbocycles. The lowest BCUT2D eigenvalue weighted by molar-refractivity contribution is -0.404. The molecule has 566 valence electrons. The molecule has 30 aliphatic heterocycles. The van der Waals surface area contributed by atoms with Crippen LogP contribution in [-0.4, -0.2) is 439 Å². The summed E-state index contributed by atoms with van der Waals surface area (Å²) in [5.41, 5.74) is -0.248. The fourth-order valence-electron chi connectivity index (χ4n) is 12.9. The molecule has 16 bridgehead atoms. The van der Waals surface area contributed by atoms with Gasteiger partial charge in [-0.15, -0.1) is 0 Å². The van der Waals surface area contributed by atoms with Crippen molar-refractivity contribution in [2.24, 2.45) is 0 Å². The number of hydrogen-bond donors (Lipinski definition) is 25. The van der Waals surface area contributed by atoms with Gasteiger partial charge in [0.1, 0.15) is 202 Å². The molecule has 30 fully saturated rings. The molecule has 0 aliphatic carbocycles. The van der Waals surface area contributed by atoms with E-state index < -0.39 is 312 Å². The summed E-state index contributed by atoms with van der Waals surface area (Å²) in [7, 11) is -1.94. The topological polar surface area (TPSA) is 680 Å². The van der Waals surface area contributed by atoms with Gasteiger partial charge < -0.3 is 208 Å². The van der Waals surface area contributed by atoms with Crippen LogP contribution in [0.15, 0.2) is 24.3 Å². The monoisotopic (exact) mass is 1440 g/mol. The van der Waals surface area contributed by atoms with E-state index in [-0.39, 0.29) is 11.0 Å². The Kier molecular flexibility index (Phi) is 26.8. The van der Waals surface area contributed by atoms with Crippen LogP contribution in [0.4, 0.5) is 0 Å². The molecular weight excluding hydrogens is 1360 g/mol. The van der Waals surface area contributed by atoms with E-state index in [4.69, 9.17) is 80.5 Å². The molecule has 30 heterocycles. The number of aliphatic hydroxyl groups is 23. The number of benzene rings is 1. The number of rotatable bonds is 11. The van der Waals surface area contributed by atoms with Crippen molar-refractivity contribution < 1.29 is 213 Å². The minimum atomic E-state index is -2.37. The molecule has 0 saturated carbocycles. The van der Waals surface area contributed by atoms with E-state index in [1.165, 1.54) is 0 Å². The van der Waals surface area contributed by atoms with Crippen molar-refractivity contribution in [2.45, 2.75) is 246 Å². The normalized spacial score (nSPS) is 50.4. The van der Waals surface area contributed by atoms with E-state index in [2.05, 4.69) is 0 Å². The smallest absolute Gasteiger partial charge is 0.459 e. The minimum Gasteiger partial charge on any atom is -0.459 e. The molecule has 44 heteroatoms. The van der Waals surface area contributed by atoms with Gasteiger partial charge in [-0.25, -0.2) is 4.79 Å². The van der Waals surface area contributed by atoms with Gasteiger partial charge in [0.25, 0.3) is 0 Å².